The molecular formula is C16H20N2O. The number of nitrogens with zero attached hydrogens (tertiary/aromatic N) is 1. The molecule has 3 heteroatoms. The highest BCUT2D eigenvalue weighted by Crippen LogP contribution is 2.25. The maximum absolute atomic E-state index is 6.04. The molecule has 0 bridgehead atoms. The van der Waals surface area contributed by atoms with Gasteiger partial charge in [-0.25, -0.2) is 0 Å². The largest absolute Gasteiger partial charge is 0.491 e. The van der Waals surface area contributed by atoms with Gasteiger partial charge in [0, 0.05) is 23.2 Å². The number of aryl methyl sites for hydroxylation is 1. The third kappa shape index (κ3) is 2.87. The summed E-state index contributed by atoms with van der Waals surface area (Å²) in [5, 5.41) is 4.61. The predicted molar refractivity (Wildman–Crippen MR) is 77.6 cm³/mol. The van der Waals surface area contributed by atoms with E-state index in [0.29, 0.717) is 6.04 Å². The number of rotatable bonds is 3. The van der Waals surface area contributed by atoms with Gasteiger partial charge in [-0.2, -0.15) is 0 Å². The highest BCUT2D eigenvalue weighted by atomic mass is 16.5. The van der Waals surface area contributed by atoms with Crippen LogP contribution in [0.2, 0.25) is 0 Å². The number of ether oxygens (including phenoxy) is 1. The molecule has 1 aliphatic rings. The molecule has 1 aromatic heterocycles. The first-order chi connectivity index (χ1) is 9.33. The maximum atomic E-state index is 6.04. The van der Waals surface area contributed by atoms with Gasteiger partial charge in [-0.05, 0) is 38.4 Å². The van der Waals surface area contributed by atoms with E-state index in [4.69, 9.17) is 4.74 Å². The molecule has 1 N–H and O–H groups in total. The Morgan fingerprint density at radius 1 is 1.32 bits per heavy atom. The number of aromatic nitrogens is 1. The number of pyridine rings is 1. The summed E-state index contributed by atoms with van der Waals surface area (Å²) in [5.74, 6) is 0.954. The standard InChI is InChI=1S/C16H20N2O/c1-12-10-16(14-7-2-3-8-15(14)18-12)19-11-13-6-4-5-9-17-13/h2-3,7-8,10,13,17H,4-6,9,11H2,1H3. The van der Waals surface area contributed by atoms with Crippen LogP contribution in [0.4, 0.5) is 0 Å². The third-order valence-corrected chi connectivity index (χ3v) is 3.66. The van der Waals surface area contributed by atoms with Gasteiger partial charge >= 0.3 is 0 Å². The number of piperidine rings is 1. The van der Waals surface area contributed by atoms with E-state index in [-0.39, 0.29) is 0 Å². The zero-order chi connectivity index (χ0) is 13.1. The molecule has 0 amide bonds. The molecule has 1 aromatic carbocycles. The number of hydrogen-bond acceptors (Lipinski definition) is 3. The minimum absolute atomic E-state index is 0.487. The van der Waals surface area contributed by atoms with Crippen molar-refractivity contribution in [3.63, 3.8) is 0 Å². The molecule has 0 spiro atoms. The Morgan fingerprint density at radius 2 is 2.21 bits per heavy atom. The van der Waals surface area contributed by atoms with Gasteiger partial charge in [0.15, 0.2) is 0 Å². The molecule has 0 radical (unpaired) electrons. The van der Waals surface area contributed by atoms with Gasteiger partial charge in [-0.1, -0.05) is 18.6 Å². The van der Waals surface area contributed by atoms with Crippen molar-refractivity contribution < 1.29 is 4.74 Å². The molecular weight excluding hydrogens is 236 g/mol. The van der Waals surface area contributed by atoms with Crippen molar-refractivity contribution in [1.82, 2.24) is 10.3 Å². The number of nitrogens with one attached hydrogen (secondary N) is 1. The van der Waals surface area contributed by atoms with Crippen LogP contribution in [0.3, 0.4) is 0 Å². The molecule has 2 heterocycles. The van der Waals surface area contributed by atoms with Gasteiger partial charge in [0.25, 0.3) is 0 Å². The first-order valence-electron chi connectivity index (χ1n) is 7.05. The molecule has 19 heavy (non-hydrogen) atoms. The number of hydrogen-bond donors (Lipinski definition) is 1. The molecule has 100 valence electrons. The smallest absolute Gasteiger partial charge is 0.130 e. The van der Waals surface area contributed by atoms with Crippen molar-refractivity contribution in [1.29, 1.82) is 0 Å². The van der Waals surface area contributed by atoms with Gasteiger partial charge in [0.05, 0.1) is 5.52 Å². The van der Waals surface area contributed by atoms with Crippen molar-refractivity contribution in [2.75, 3.05) is 13.2 Å². The molecule has 3 nitrogen and oxygen atoms in total. The third-order valence-electron chi connectivity index (χ3n) is 3.66. The fraction of sp³-hybridized carbons (Fsp3) is 0.438. The molecule has 0 aliphatic carbocycles. The lowest BCUT2D eigenvalue weighted by Gasteiger charge is -2.23. The fourth-order valence-corrected chi connectivity index (χ4v) is 2.65. The Bertz CT molecular complexity index is 562. The molecule has 3 rings (SSSR count). The SMILES string of the molecule is Cc1cc(OCC2CCCCN2)c2ccccc2n1. The van der Waals surface area contributed by atoms with E-state index < -0.39 is 0 Å². The fourth-order valence-electron chi connectivity index (χ4n) is 2.65. The van der Waals surface area contributed by atoms with Gasteiger partial charge in [-0.3, -0.25) is 4.98 Å². The monoisotopic (exact) mass is 256 g/mol. The second-order valence-corrected chi connectivity index (χ2v) is 5.24. The van der Waals surface area contributed by atoms with Crippen LogP contribution in [0.15, 0.2) is 30.3 Å². The van der Waals surface area contributed by atoms with E-state index in [1.807, 2.05) is 31.2 Å². The van der Waals surface area contributed by atoms with Crippen LogP contribution in [0.25, 0.3) is 10.9 Å². The Hall–Kier alpha value is -1.61. The summed E-state index contributed by atoms with van der Waals surface area (Å²) in [6.45, 7) is 3.87. The minimum Gasteiger partial charge on any atom is -0.491 e. The van der Waals surface area contributed by atoms with Crippen molar-refractivity contribution >= 4 is 10.9 Å². The van der Waals surface area contributed by atoms with E-state index in [1.165, 1.54) is 19.3 Å². The second kappa shape index (κ2) is 5.57. The molecule has 1 fully saturated rings. The van der Waals surface area contributed by atoms with Crippen LogP contribution in [-0.2, 0) is 0 Å². The van der Waals surface area contributed by atoms with Gasteiger partial charge in [-0.15, -0.1) is 0 Å². The Kier molecular flexibility index (Phi) is 3.65. The number of fused-ring (bicyclic) bond motifs is 1. The summed E-state index contributed by atoms with van der Waals surface area (Å²) in [4.78, 5) is 4.54. The maximum Gasteiger partial charge on any atom is 0.130 e. The Labute approximate surface area is 114 Å². The number of benzene rings is 1. The minimum atomic E-state index is 0.487. The van der Waals surface area contributed by atoms with Crippen LogP contribution in [0.5, 0.6) is 5.75 Å². The van der Waals surface area contributed by atoms with Crippen LogP contribution in [0, 0.1) is 6.92 Å². The topological polar surface area (TPSA) is 34.1 Å². The number of para-hydroxylation sites is 1. The summed E-state index contributed by atoms with van der Waals surface area (Å²) >= 11 is 0. The van der Waals surface area contributed by atoms with Crippen LogP contribution in [0.1, 0.15) is 25.0 Å². The highest BCUT2D eigenvalue weighted by molar-refractivity contribution is 5.85. The zero-order valence-corrected chi connectivity index (χ0v) is 11.4. The van der Waals surface area contributed by atoms with E-state index in [9.17, 15) is 0 Å². The van der Waals surface area contributed by atoms with Crippen LogP contribution >= 0.6 is 0 Å². The predicted octanol–water partition coefficient (Wildman–Crippen LogP) is 3.06. The first-order valence-corrected chi connectivity index (χ1v) is 7.05. The zero-order valence-electron chi connectivity index (χ0n) is 11.4. The van der Waals surface area contributed by atoms with Crippen molar-refractivity contribution in [2.45, 2.75) is 32.2 Å². The quantitative estimate of drug-likeness (QED) is 0.916. The van der Waals surface area contributed by atoms with Crippen LogP contribution in [-0.4, -0.2) is 24.2 Å². The molecule has 1 aliphatic heterocycles. The summed E-state index contributed by atoms with van der Waals surface area (Å²) in [5.41, 5.74) is 2.01. The second-order valence-electron chi connectivity index (χ2n) is 5.24. The molecule has 1 unspecified atom stereocenters. The van der Waals surface area contributed by atoms with E-state index in [0.717, 1.165) is 35.5 Å². The summed E-state index contributed by atoms with van der Waals surface area (Å²) in [7, 11) is 0. The molecule has 1 saturated heterocycles. The normalized spacial score (nSPS) is 19.5. The van der Waals surface area contributed by atoms with E-state index in [2.05, 4.69) is 16.4 Å². The average Bonchev–Trinajstić information content (AvgIpc) is 2.45. The van der Waals surface area contributed by atoms with Crippen molar-refractivity contribution in [3.8, 4) is 5.75 Å². The van der Waals surface area contributed by atoms with Gasteiger partial charge < -0.3 is 10.1 Å². The first kappa shape index (κ1) is 12.4. The van der Waals surface area contributed by atoms with Gasteiger partial charge in [0.2, 0.25) is 0 Å². The summed E-state index contributed by atoms with van der Waals surface area (Å²) in [6.07, 6.45) is 3.80. The van der Waals surface area contributed by atoms with Crippen molar-refractivity contribution in [3.05, 3.63) is 36.0 Å². The lowest BCUT2D eigenvalue weighted by atomic mass is 10.1. The van der Waals surface area contributed by atoms with Gasteiger partial charge in [0.1, 0.15) is 12.4 Å². The summed E-state index contributed by atoms with van der Waals surface area (Å²) < 4.78 is 6.04. The van der Waals surface area contributed by atoms with E-state index >= 15 is 0 Å². The molecule has 2 aromatic rings. The molecule has 0 saturated carbocycles. The Balaban J connectivity index is 1.79. The average molecular weight is 256 g/mol. The summed E-state index contributed by atoms with van der Waals surface area (Å²) in [6, 6.07) is 10.7. The molecule has 1 atom stereocenters. The highest BCUT2D eigenvalue weighted by Gasteiger charge is 2.14. The van der Waals surface area contributed by atoms with Crippen LogP contribution < -0.4 is 10.1 Å². The van der Waals surface area contributed by atoms with E-state index in [1.54, 1.807) is 0 Å². The van der Waals surface area contributed by atoms with Crippen molar-refractivity contribution in [2.24, 2.45) is 0 Å². The lowest BCUT2D eigenvalue weighted by Crippen LogP contribution is -2.38. The Morgan fingerprint density at radius 3 is 3.05 bits per heavy atom. The lowest BCUT2D eigenvalue weighted by molar-refractivity contribution is 0.241.